The predicted octanol–water partition coefficient (Wildman–Crippen LogP) is 1.66. The molecule has 0 spiro atoms. The van der Waals surface area contributed by atoms with E-state index in [1.165, 1.54) is 5.56 Å². The summed E-state index contributed by atoms with van der Waals surface area (Å²) in [6.45, 7) is 6.09. The fourth-order valence-electron chi connectivity index (χ4n) is 1.72. The molecule has 0 aliphatic rings. The Labute approximate surface area is 102 Å². The van der Waals surface area contributed by atoms with Gasteiger partial charge in [-0.2, -0.15) is 15.6 Å². The molecule has 1 N–H and O–H groups in total. The first-order valence-electron chi connectivity index (χ1n) is 5.65. The molecular weight excluding hydrogens is 214 g/mol. The van der Waals surface area contributed by atoms with Crippen molar-refractivity contribution in [2.24, 2.45) is 0 Å². The highest BCUT2D eigenvalue weighted by atomic mass is 15.2. The fraction of sp³-hybridized carbons (Fsp3) is 0.583. The summed E-state index contributed by atoms with van der Waals surface area (Å²) in [6.07, 6.45) is 0.975. The van der Waals surface area contributed by atoms with E-state index in [0.717, 1.165) is 17.9 Å². The van der Waals surface area contributed by atoms with Gasteiger partial charge in [-0.15, -0.1) is 0 Å². The number of nitrogens with zero attached hydrogens (tertiary/aromatic N) is 4. The molecular formula is C12H17N5. The molecule has 5 heteroatoms. The molecule has 0 unspecified atom stereocenters. The van der Waals surface area contributed by atoms with Crippen LogP contribution in [0.2, 0.25) is 0 Å². The van der Waals surface area contributed by atoms with Gasteiger partial charge in [0.05, 0.1) is 17.8 Å². The van der Waals surface area contributed by atoms with Crippen molar-refractivity contribution in [1.82, 2.24) is 15.1 Å². The van der Waals surface area contributed by atoms with Crippen LogP contribution in [0, 0.1) is 36.5 Å². The van der Waals surface area contributed by atoms with Gasteiger partial charge >= 0.3 is 0 Å². The van der Waals surface area contributed by atoms with Crippen molar-refractivity contribution in [2.45, 2.75) is 33.2 Å². The van der Waals surface area contributed by atoms with Crippen molar-refractivity contribution >= 4 is 0 Å². The van der Waals surface area contributed by atoms with Gasteiger partial charge in [0.1, 0.15) is 0 Å². The van der Waals surface area contributed by atoms with Crippen LogP contribution >= 0.6 is 0 Å². The van der Waals surface area contributed by atoms with Gasteiger partial charge < -0.3 is 0 Å². The second kappa shape index (κ2) is 6.67. The Morgan fingerprint density at radius 2 is 1.76 bits per heavy atom. The third-order valence-electron chi connectivity index (χ3n) is 2.74. The summed E-state index contributed by atoms with van der Waals surface area (Å²) in [4.78, 5) is 2.12. The predicted molar refractivity (Wildman–Crippen MR) is 63.8 cm³/mol. The summed E-state index contributed by atoms with van der Waals surface area (Å²) in [5.41, 5.74) is 3.21. The Hall–Kier alpha value is -1.85. The Kier molecular flexibility index (Phi) is 5.19. The van der Waals surface area contributed by atoms with E-state index in [1.54, 1.807) is 0 Å². The van der Waals surface area contributed by atoms with Crippen LogP contribution in [0.15, 0.2) is 0 Å². The van der Waals surface area contributed by atoms with E-state index in [2.05, 4.69) is 27.2 Å². The monoisotopic (exact) mass is 231 g/mol. The standard InChI is InChI=1S/C12H17N5/c1-10-12(11(2)16-15-10)9-17(7-3-5-13)8-4-6-14/h3-4,7-9H2,1-2H3,(H,15,16). The van der Waals surface area contributed by atoms with Crippen LogP contribution in [0.25, 0.3) is 0 Å². The molecule has 0 aromatic carbocycles. The van der Waals surface area contributed by atoms with E-state index in [4.69, 9.17) is 10.5 Å². The Bertz CT molecular complexity index is 397. The first-order chi connectivity index (χ1) is 8.19. The number of hydrogen-bond acceptors (Lipinski definition) is 4. The lowest BCUT2D eigenvalue weighted by Crippen LogP contribution is -2.25. The minimum absolute atomic E-state index is 0.487. The highest BCUT2D eigenvalue weighted by Crippen LogP contribution is 2.13. The van der Waals surface area contributed by atoms with Gasteiger partial charge in [0.2, 0.25) is 0 Å². The molecule has 1 aromatic heterocycles. The van der Waals surface area contributed by atoms with Crippen LogP contribution in [0.1, 0.15) is 29.8 Å². The van der Waals surface area contributed by atoms with Crippen molar-refractivity contribution < 1.29 is 0 Å². The van der Waals surface area contributed by atoms with E-state index in [0.29, 0.717) is 25.9 Å². The van der Waals surface area contributed by atoms with Crippen LogP contribution in [0.3, 0.4) is 0 Å². The van der Waals surface area contributed by atoms with E-state index in [-0.39, 0.29) is 0 Å². The highest BCUT2D eigenvalue weighted by Gasteiger charge is 2.11. The number of aromatic nitrogens is 2. The normalized spacial score (nSPS) is 10.2. The van der Waals surface area contributed by atoms with Crippen molar-refractivity contribution in [3.8, 4) is 12.1 Å². The zero-order valence-electron chi connectivity index (χ0n) is 10.3. The van der Waals surface area contributed by atoms with Gasteiger partial charge in [-0.25, -0.2) is 0 Å². The zero-order valence-corrected chi connectivity index (χ0v) is 10.3. The highest BCUT2D eigenvalue weighted by molar-refractivity contribution is 5.22. The smallest absolute Gasteiger partial charge is 0.0639 e. The van der Waals surface area contributed by atoms with E-state index < -0.39 is 0 Å². The minimum atomic E-state index is 0.487. The van der Waals surface area contributed by atoms with Crippen molar-refractivity contribution in [3.63, 3.8) is 0 Å². The number of hydrogen-bond donors (Lipinski definition) is 1. The molecule has 0 bridgehead atoms. The first kappa shape index (κ1) is 13.2. The summed E-state index contributed by atoms with van der Waals surface area (Å²) in [6, 6.07) is 4.27. The minimum Gasteiger partial charge on any atom is -0.297 e. The molecule has 1 aromatic rings. The van der Waals surface area contributed by atoms with Crippen LogP contribution in [0.5, 0.6) is 0 Å². The van der Waals surface area contributed by atoms with Gasteiger partial charge in [-0.3, -0.25) is 10.00 Å². The topological polar surface area (TPSA) is 79.5 Å². The second-order valence-corrected chi connectivity index (χ2v) is 4.00. The number of aromatic amines is 1. The largest absolute Gasteiger partial charge is 0.297 e. The molecule has 5 nitrogen and oxygen atoms in total. The molecule has 0 aliphatic carbocycles. The molecule has 0 atom stereocenters. The summed E-state index contributed by atoms with van der Waals surface area (Å²) >= 11 is 0. The summed E-state index contributed by atoms with van der Waals surface area (Å²) < 4.78 is 0. The molecule has 17 heavy (non-hydrogen) atoms. The first-order valence-corrected chi connectivity index (χ1v) is 5.65. The maximum absolute atomic E-state index is 8.62. The molecule has 0 saturated carbocycles. The number of aryl methyl sites for hydroxylation is 2. The summed E-state index contributed by atoms with van der Waals surface area (Å²) in [5, 5.41) is 24.3. The van der Waals surface area contributed by atoms with Crippen LogP contribution in [-0.4, -0.2) is 28.2 Å². The quantitative estimate of drug-likeness (QED) is 0.807. The van der Waals surface area contributed by atoms with Crippen LogP contribution in [-0.2, 0) is 6.54 Å². The van der Waals surface area contributed by atoms with Gasteiger partial charge in [0.25, 0.3) is 0 Å². The van der Waals surface area contributed by atoms with Crippen molar-refractivity contribution in [3.05, 3.63) is 17.0 Å². The lowest BCUT2D eigenvalue weighted by molar-refractivity contribution is 0.277. The molecule has 90 valence electrons. The Balaban J connectivity index is 2.65. The SMILES string of the molecule is Cc1n[nH]c(C)c1CN(CCC#N)CCC#N. The lowest BCUT2D eigenvalue weighted by atomic mass is 10.2. The fourth-order valence-corrected chi connectivity index (χ4v) is 1.72. The Morgan fingerprint density at radius 3 is 2.18 bits per heavy atom. The number of H-pyrrole nitrogens is 1. The van der Waals surface area contributed by atoms with Crippen molar-refractivity contribution in [1.29, 1.82) is 10.5 Å². The molecule has 0 fully saturated rings. The zero-order chi connectivity index (χ0) is 12.7. The van der Waals surface area contributed by atoms with E-state index in [9.17, 15) is 0 Å². The van der Waals surface area contributed by atoms with Gasteiger partial charge in [0, 0.05) is 43.7 Å². The maximum Gasteiger partial charge on any atom is 0.0639 e. The van der Waals surface area contributed by atoms with Gasteiger partial charge in [-0.1, -0.05) is 0 Å². The van der Waals surface area contributed by atoms with Gasteiger partial charge in [0.15, 0.2) is 0 Å². The number of nitrogens with one attached hydrogen (secondary N) is 1. The molecule has 1 heterocycles. The third kappa shape index (κ3) is 3.90. The lowest BCUT2D eigenvalue weighted by Gasteiger charge is -2.19. The number of nitriles is 2. The number of rotatable bonds is 6. The molecule has 0 amide bonds. The summed E-state index contributed by atoms with van der Waals surface area (Å²) in [7, 11) is 0. The summed E-state index contributed by atoms with van der Waals surface area (Å²) in [5.74, 6) is 0. The molecule has 1 rings (SSSR count). The molecule has 0 aliphatic heterocycles. The van der Waals surface area contributed by atoms with Crippen LogP contribution < -0.4 is 0 Å². The van der Waals surface area contributed by atoms with E-state index in [1.807, 2.05) is 13.8 Å². The van der Waals surface area contributed by atoms with Gasteiger partial charge in [-0.05, 0) is 13.8 Å². The Morgan fingerprint density at radius 1 is 1.18 bits per heavy atom. The molecule has 0 saturated heterocycles. The van der Waals surface area contributed by atoms with E-state index >= 15 is 0 Å². The third-order valence-corrected chi connectivity index (χ3v) is 2.74. The average molecular weight is 231 g/mol. The van der Waals surface area contributed by atoms with Crippen LogP contribution in [0.4, 0.5) is 0 Å². The second-order valence-electron chi connectivity index (χ2n) is 4.00. The molecule has 0 radical (unpaired) electrons. The van der Waals surface area contributed by atoms with Crippen molar-refractivity contribution in [2.75, 3.05) is 13.1 Å². The average Bonchev–Trinajstić information content (AvgIpc) is 2.63. The maximum atomic E-state index is 8.62.